The number of carbonyl (C=O) groups excluding carboxylic acids is 1. The van der Waals surface area contributed by atoms with Crippen LogP contribution in [-0.2, 0) is 4.79 Å². The summed E-state index contributed by atoms with van der Waals surface area (Å²) in [5.41, 5.74) is 0. The minimum atomic E-state index is 0.108. The lowest BCUT2D eigenvalue weighted by Crippen LogP contribution is -2.38. The van der Waals surface area contributed by atoms with Crippen molar-refractivity contribution in [2.45, 2.75) is 6.42 Å². The molecule has 1 aliphatic rings. The molecule has 5 heteroatoms. The van der Waals surface area contributed by atoms with E-state index in [1.807, 2.05) is 11.8 Å². The molecule has 1 heterocycles. The summed E-state index contributed by atoms with van der Waals surface area (Å²) in [6.07, 6.45) is 0.576. The second-order valence-corrected chi connectivity index (χ2v) is 4.85. The molecule has 1 aliphatic heterocycles. The molecular weight excluding hydrogens is 210 g/mol. The largest absolute Gasteiger partial charge is 0.359 e. The van der Waals surface area contributed by atoms with Gasteiger partial charge in [-0.3, -0.25) is 4.79 Å². The fraction of sp³-hybridized carbons (Fsp3) is 0.900. The third-order valence-electron chi connectivity index (χ3n) is 2.52. The second kappa shape index (κ2) is 7.96. The number of rotatable bonds is 6. The predicted octanol–water partition coefficient (Wildman–Crippen LogP) is -0.239. The summed E-state index contributed by atoms with van der Waals surface area (Å²) >= 11 is 2.03. The molecule has 15 heavy (non-hydrogen) atoms. The highest BCUT2D eigenvalue weighted by Crippen LogP contribution is 2.07. The Kier molecular flexibility index (Phi) is 6.80. The van der Waals surface area contributed by atoms with Gasteiger partial charge in [-0.25, -0.2) is 0 Å². The maximum atomic E-state index is 10.9. The van der Waals surface area contributed by atoms with Gasteiger partial charge in [-0.15, -0.1) is 0 Å². The van der Waals surface area contributed by atoms with Crippen LogP contribution in [0.25, 0.3) is 0 Å². The quantitative estimate of drug-likeness (QED) is 0.619. The van der Waals surface area contributed by atoms with Crippen LogP contribution < -0.4 is 10.6 Å². The zero-order valence-corrected chi connectivity index (χ0v) is 10.2. The highest BCUT2D eigenvalue weighted by atomic mass is 32.2. The van der Waals surface area contributed by atoms with E-state index in [-0.39, 0.29) is 5.91 Å². The number of hydrogen-bond donors (Lipinski definition) is 2. The van der Waals surface area contributed by atoms with Crippen molar-refractivity contribution in [1.82, 2.24) is 15.5 Å². The molecule has 0 aromatic heterocycles. The van der Waals surface area contributed by atoms with E-state index in [0.29, 0.717) is 6.42 Å². The van der Waals surface area contributed by atoms with Crippen LogP contribution in [0.3, 0.4) is 0 Å². The Balaban J connectivity index is 1.89. The highest BCUT2D eigenvalue weighted by molar-refractivity contribution is 7.99. The Hall–Kier alpha value is -0.260. The van der Waals surface area contributed by atoms with Crippen LogP contribution in [0, 0.1) is 0 Å². The van der Waals surface area contributed by atoms with Gasteiger partial charge in [0.1, 0.15) is 0 Å². The molecule has 1 saturated heterocycles. The Bertz CT molecular complexity index is 184. The topological polar surface area (TPSA) is 44.4 Å². The lowest BCUT2D eigenvalue weighted by atomic mass is 10.4. The first kappa shape index (κ1) is 12.8. The molecule has 1 rings (SSSR count). The number of nitrogens with one attached hydrogen (secondary N) is 2. The van der Waals surface area contributed by atoms with Crippen molar-refractivity contribution in [2.24, 2.45) is 0 Å². The van der Waals surface area contributed by atoms with Crippen LogP contribution >= 0.6 is 11.8 Å². The van der Waals surface area contributed by atoms with Crippen LogP contribution in [0.5, 0.6) is 0 Å². The van der Waals surface area contributed by atoms with E-state index >= 15 is 0 Å². The molecule has 88 valence electrons. The van der Waals surface area contributed by atoms with Crippen molar-refractivity contribution in [2.75, 3.05) is 51.3 Å². The smallest absolute Gasteiger partial charge is 0.221 e. The molecule has 0 aliphatic carbocycles. The molecule has 0 saturated carbocycles. The maximum absolute atomic E-state index is 10.9. The van der Waals surface area contributed by atoms with E-state index in [1.54, 1.807) is 7.05 Å². The third kappa shape index (κ3) is 6.02. The van der Waals surface area contributed by atoms with Crippen molar-refractivity contribution >= 4 is 17.7 Å². The van der Waals surface area contributed by atoms with Gasteiger partial charge in [-0.1, -0.05) is 0 Å². The molecule has 1 amide bonds. The predicted molar refractivity (Wildman–Crippen MR) is 65.3 cm³/mol. The first-order valence-corrected chi connectivity index (χ1v) is 6.70. The van der Waals surface area contributed by atoms with Crippen LogP contribution in [-0.4, -0.2) is 62.1 Å². The van der Waals surface area contributed by atoms with Gasteiger partial charge in [0.25, 0.3) is 0 Å². The molecule has 0 aromatic carbocycles. The second-order valence-electron chi connectivity index (χ2n) is 3.63. The Morgan fingerprint density at radius 3 is 2.73 bits per heavy atom. The summed E-state index contributed by atoms with van der Waals surface area (Å²) in [4.78, 5) is 13.4. The molecular formula is C10H21N3OS. The molecule has 0 unspecified atom stereocenters. The molecule has 0 aromatic rings. The Labute approximate surface area is 96.2 Å². The standard InChI is InChI=1S/C10H21N3OS/c1-11-10(14)2-3-12-4-5-13-6-8-15-9-7-13/h12H,2-9H2,1H3,(H,11,14). The van der Waals surface area contributed by atoms with E-state index in [1.165, 1.54) is 24.6 Å². The van der Waals surface area contributed by atoms with Gasteiger partial charge >= 0.3 is 0 Å². The molecule has 4 nitrogen and oxygen atoms in total. The summed E-state index contributed by atoms with van der Waals surface area (Å²) in [6, 6.07) is 0. The zero-order valence-electron chi connectivity index (χ0n) is 9.42. The maximum Gasteiger partial charge on any atom is 0.221 e. The normalized spacial score (nSPS) is 17.7. The highest BCUT2D eigenvalue weighted by Gasteiger charge is 2.08. The zero-order chi connectivity index (χ0) is 10.9. The van der Waals surface area contributed by atoms with E-state index < -0.39 is 0 Å². The minimum Gasteiger partial charge on any atom is -0.359 e. The lowest BCUT2D eigenvalue weighted by molar-refractivity contribution is -0.120. The fourth-order valence-electron chi connectivity index (χ4n) is 1.51. The van der Waals surface area contributed by atoms with E-state index in [0.717, 1.165) is 19.6 Å². The summed E-state index contributed by atoms with van der Waals surface area (Å²) < 4.78 is 0. The van der Waals surface area contributed by atoms with Crippen molar-refractivity contribution in [3.8, 4) is 0 Å². The SMILES string of the molecule is CNC(=O)CCNCCN1CCSCC1. The minimum absolute atomic E-state index is 0.108. The number of carbonyl (C=O) groups is 1. The number of nitrogens with zero attached hydrogens (tertiary/aromatic N) is 1. The third-order valence-corrected chi connectivity index (χ3v) is 3.46. The van der Waals surface area contributed by atoms with E-state index in [2.05, 4.69) is 15.5 Å². The van der Waals surface area contributed by atoms with Gasteiger partial charge < -0.3 is 15.5 Å². The molecule has 0 bridgehead atoms. The van der Waals surface area contributed by atoms with Crippen molar-refractivity contribution < 1.29 is 4.79 Å². The fourth-order valence-corrected chi connectivity index (χ4v) is 2.49. The molecule has 0 radical (unpaired) electrons. The summed E-state index contributed by atoms with van der Waals surface area (Å²) in [6.45, 7) is 5.29. The molecule has 0 spiro atoms. The average Bonchev–Trinajstić information content (AvgIpc) is 2.29. The van der Waals surface area contributed by atoms with Crippen molar-refractivity contribution in [3.63, 3.8) is 0 Å². The lowest BCUT2D eigenvalue weighted by Gasteiger charge is -2.26. The summed E-state index contributed by atoms with van der Waals surface area (Å²) in [5.74, 6) is 2.63. The Morgan fingerprint density at radius 1 is 1.33 bits per heavy atom. The Morgan fingerprint density at radius 2 is 2.07 bits per heavy atom. The van der Waals surface area contributed by atoms with Crippen LogP contribution in [0.1, 0.15) is 6.42 Å². The van der Waals surface area contributed by atoms with Gasteiger partial charge in [-0.05, 0) is 0 Å². The van der Waals surface area contributed by atoms with Gasteiger partial charge in [-0.2, -0.15) is 11.8 Å². The van der Waals surface area contributed by atoms with Crippen LogP contribution in [0.15, 0.2) is 0 Å². The van der Waals surface area contributed by atoms with Crippen LogP contribution in [0.2, 0.25) is 0 Å². The summed E-state index contributed by atoms with van der Waals surface area (Å²) in [5, 5.41) is 5.90. The number of hydrogen-bond acceptors (Lipinski definition) is 4. The molecule has 0 atom stereocenters. The van der Waals surface area contributed by atoms with E-state index in [4.69, 9.17) is 0 Å². The number of amides is 1. The van der Waals surface area contributed by atoms with Gasteiger partial charge in [0.05, 0.1) is 0 Å². The first-order valence-electron chi connectivity index (χ1n) is 5.54. The van der Waals surface area contributed by atoms with Gasteiger partial charge in [0, 0.05) is 57.7 Å². The summed E-state index contributed by atoms with van der Waals surface area (Å²) in [7, 11) is 1.67. The first-order chi connectivity index (χ1) is 7.33. The van der Waals surface area contributed by atoms with Crippen molar-refractivity contribution in [3.05, 3.63) is 0 Å². The molecule has 2 N–H and O–H groups in total. The average molecular weight is 231 g/mol. The van der Waals surface area contributed by atoms with Gasteiger partial charge in [0.15, 0.2) is 0 Å². The van der Waals surface area contributed by atoms with Crippen LogP contribution in [0.4, 0.5) is 0 Å². The van der Waals surface area contributed by atoms with E-state index in [9.17, 15) is 4.79 Å². The monoisotopic (exact) mass is 231 g/mol. The number of thioether (sulfide) groups is 1. The van der Waals surface area contributed by atoms with Crippen molar-refractivity contribution in [1.29, 1.82) is 0 Å². The molecule has 1 fully saturated rings. The van der Waals surface area contributed by atoms with Gasteiger partial charge in [0.2, 0.25) is 5.91 Å².